The largest absolute Gasteiger partial charge is 0.310 e. The van der Waals surface area contributed by atoms with Crippen molar-refractivity contribution in [2.75, 3.05) is 6.54 Å². The van der Waals surface area contributed by atoms with Gasteiger partial charge in [-0.3, -0.25) is 0 Å². The molecule has 0 aliphatic carbocycles. The second-order valence-corrected chi connectivity index (χ2v) is 4.28. The van der Waals surface area contributed by atoms with Gasteiger partial charge in [-0.25, -0.2) is 8.78 Å². The molecule has 0 aliphatic rings. The Morgan fingerprint density at radius 1 is 1.12 bits per heavy atom. The van der Waals surface area contributed by atoms with E-state index in [4.69, 9.17) is 0 Å². The van der Waals surface area contributed by atoms with Crippen LogP contribution in [-0.4, -0.2) is 6.54 Å². The van der Waals surface area contributed by atoms with E-state index >= 15 is 0 Å². The summed E-state index contributed by atoms with van der Waals surface area (Å²) in [7, 11) is 0. The summed E-state index contributed by atoms with van der Waals surface area (Å²) >= 11 is 0. The molecule has 1 unspecified atom stereocenters. The average Bonchev–Trinajstić information content (AvgIpc) is 2.31. The van der Waals surface area contributed by atoms with Gasteiger partial charge in [0.25, 0.3) is 0 Å². The van der Waals surface area contributed by atoms with Crippen LogP contribution in [0, 0.1) is 11.6 Å². The zero-order chi connectivity index (χ0) is 12.7. The Labute approximate surface area is 102 Å². The Bertz CT molecular complexity index is 311. The third-order valence-corrected chi connectivity index (χ3v) is 2.84. The van der Waals surface area contributed by atoms with Crippen LogP contribution in [-0.2, 0) is 0 Å². The molecular formula is C14H21F2N. The third kappa shape index (κ3) is 4.08. The molecule has 0 saturated heterocycles. The van der Waals surface area contributed by atoms with Crippen LogP contribution < -0.4 is 5.32 Å². The lowest BCUT2D eigenvalue weighted by Gasteiger charge is -2.20. The van der Waals surface area contributed by atoms with Crippen LogP contribution in [0.1, 0.15) is 51.1 Å². The first-order valence-corrected chi connectivity index (χ1v) is 6.38. The van der Waals surface area contributed by atoms with Gasteiger partial charge in [0.1, 0.15) is 11.6 Å². The van der Waals surface area contributed by atoms with Crippen LogP contribution in [0.15, 0.2) is 18.2 Å². The maximum absolute atomic E-state index is 13.7. The lowest BCUT2D eigenvalue weighted by atomic mass is 10.00. The van der Waals surface area contributed by atoms with E-state index in [9.17, 15) is 8.78 Å². The molecule has 1 N–H and O–H groups in total. The smallest absolute Gasteiger partial charge is 0.130 e. The molecule has 0 amide bonds. The summed E-state index contributed by atoms with van der Waals surface area (Å²) < 4.78 is 27.4. The quantitative estimate of drug-likeness (QED) is 0.754. The minimum atomic E-state index is -0.449. The summed E-state index contributed by atoms with van der Waals surface area (Å²) in [6.45, 7) is 4.90. The standard InChI is InChI=1S/C14H21F2N/c1-3-5-9-13(17-10-4-2)14-11(15)7-6-8-12(14)16/h6-8,13,17H,3-5,9-10H2,1-2H3. The highest BCUT2D eigenvalue weighted by molar-refractivity contribution is 5.23. The molecule has 96 valence electrons. The van der Waals surface area contributed by atoms with Crippen molar-refractivity contribution >= 4 is 0 Å². The predicted octanol–water partition coefficient (Wildman–Crippen LogP) is 4.20. The van der Waals surface area contributed by atoms with Gasteiger partial charge in [0.2, 0.25) is 0 Å². The highest BCUT2D eigenvalue weighted by atomic mass is 19.1. The Balaban J connectivity index is 2.86. The zero-order valence-electron chi connectivity index (χ0n) is 10.6. The van der Waals surface area contributed by atoms with E-state index in [1.54, 1.807) is 0 Å². The van der Waals surface area contributed by atoms with Gasteiger partial charge in [0.15, 0.2) is 0 Å². The topological polar surface area (TPSA) is 12.0 Å². The minimum absolute atomic E-state index is 0.189. The van der Waals surface area contributed by atoms with E-state index in [0.29, 0.717) is 0 Å². The summed E-state index contributed by atoms with van der Waals surface area (Å²) in [5.74, 6) is -0.899. The van der Waals surface area contributed by atoms with E-state index in [-0.39, 0.29) is 11.6 Å². The first-order chi connectivity index (χ1) is 8.20. The molecule has 0 saturated carbocycles. The van der Waals surface area contributed by atoms with Gasteiger partial charge in [-0.05, 0) is 31.5 Å². The normalized spacial score (nSPS) is 12.7. The lowest BCUT2D eigenvalue weighted by Crippen LogP contribution is -2.24. The fourth-order valence-electron chi connectivity index (χ4n) is 1.92. The first kappa shape index (κ1) is 14.1. The van der Waals surface area contributed by atoms with Gasteiger partial charge in [-0.2, -0.15) is 0 Å². The summed E-state index contributed by atoms with van der Waals surface area (Å²) in [5, 5.41) is 3.22. The van der Waals surface area contributed by atoms with Crippen molar-refractivity contribution in [3.8, 4) is 0 Å². The monoisotopic (exact) mass is 241 g/mol. The number of unbranched alkanes of at least 4 members (excludes halogenated alkanes) is 1. The van der Waals surface area contributed by atoms with Crippen molar-refractivity contribution in [1.82, 2.24) is 5.32 Å². The Morgan fingerprint density at radius 2 is 1.76 bits per heavy atom. The third-order valence-electron chi connectivity index (χ3n) is 2.84. The molecule has 0 spiro atoms. The molecular weight excluding hydrogens is 220 g/mol. The molecule has 0 heterocycles. The molecule has 3 heteroatoms. The van der Waals surface area contributed by atoms with Crippen LogP contribution in [0.5, 0.6) is 0 Å². The van der Waals surface area contributed by atoms with E-state index in [1.165, 1.54) is 18.2 Å². The van der Waals surface area contributed by atoms with Crippen LogP contribution in [0.3, 0.4) is 0 Å². The van der Waals surface area contributed by atoms with Gasteiger partial charge >= 0.3 is 0 Å². The number of hydrogen-bond donors (Lipinski definition) is 1. The Morgan fingerprint density at radius 3 is 2.29 bits per heavy atom. The molecule has 1 aromatic carbocycles. The maximum atomic E-state index is 13.7. The van der Waals surface area contributed by atoms with Crippen LogP contribution in [0.4, 0.5) is 8.78 Å². The van der Waals surface area contributed by atoms with Crippen LogP contribution in [0.25, 0.3) is 0 Å². The molecule has 1 rings (SSSR count). The second kappa shape index (κ2) is 7.38. The van der Waals surface area contributed by atoms with Gasteiger partial charge in [0.05, 0.1) is 0 Å². The fourth-order valence-corrected chi connectivity index (χ4v) is 1.92. The zero-order valence-corrected chi connectivity index (χ0v) is 10.6. The number of hydrogen-bond acceptors (Lipinski definition) is 1. The molecule has 0 fully saturated rings. The summed E-state index contributed by atoms with van der Waals surface area (Å²) in [6.07, 6.45) is 3.72. The Hall–Kier alpha value is -0.960. The predicted molar refractivity (Wildman–Crippen MR) is 66.9 cm³/mol. The molecule has 1 aromatic rings. The molecule has 1 atom stereocenters. The molecule has 0 bridgehead atoms. The van der Waals surface area contributed by atoms with Gasteiger partial charge < -0.3 is 5.32 Å². The number of rotatable bonds is 7. The highest BCUT2D eigenvalue weighted by Crippen LogP contribution is 2.25. The number of nitrogens with one attached hydrogen (secondary N) is 1. The molecule has 0 aromatic heterocycles. The van der Waals surface area contributed by atoms with Crippen LogP contribution in [0.2, 0.25) is 0 Å². The van der Waals surface area contributed by atoms with E-state index in [2.05, 4.69) is 12.2 Å². The summed E-state index contributed by atoms with van der Waals surface area (Å²) in [4.78, 5) is 0. The molecule has 0 aliphatic heterocycles. The van der Waals surface area contributed by atoms with Crippen molar-refractivity contribution in [2.24, 2.45) is 0 Å². The SMILES string of the molecule is CCCCC(NCCC)c1c(F)cccc1F. The average molecular weight is 241 g/mol. The summed E-state index contributed by atoms with van der Waals surface area (Å²) in [5.41, 5.74) is 0.189. The summed E-state index contributed by atoms with van der Waals surface area (Å²) in [6, 6.07) is 3.84. The van der Waals surface area contributed by atoms with Gasteiger partial charge in [0, 0.05) is 11.6 Å². The van der Waals surface area contributed by atoms with Crippen LogP contribution >= 0.6 is 0 Å². The second-order valence-electron chi connectivity index (χ2n) is 4.28. The van der Waals surface area contributed by atoms with E-state index in [1.807, 2.05) is 6.92 Å². The van der Waals surface area contributed by atoms with Gasteiger partial charge in [-0.1, -0.05) is 32.8 Å². The van der Waals surface area contributed by atoms with E-state index in [0.717, 1.165) is 32.2 Å². The minimum Gasteiger partial charge on any atom is -0.310 e. The maximum Gasteiger partial charge on any atom is 0.130 e. The van der Waals surface area contributed by atoms with Crippen molar-refractivity contribution in [2.45, 2.75) is 45.6 Å². The molecule has 0 radical (unpaired) electrons. The Kier molecular flexibility index (Phi) is 6.12. The van der Waals surface area contributed by atoms with E-state index < -0.39 is 11.6 Å². The van der Waals surface area contributed by atoms with Crippen molar-refractivity contribution in [1.29, 1.82) is 0 Å². The number of halogens is 2. The van der Waals surface area contributed by atoms with Crippen molar-refractivity contribution in [3.05, 3.63) is 35.4 Å². The van der Waals surface area contributed by atoms with Crippen molar-refractivity contribution < 1.29 is 8.78 Å². The molecule has 17 heavy (non-hydrogen) atoms. The fraction of sp³-hybridized carbons (Fsp3) is 0.571. The number of benzene rings is 1. The van der Waals surface area contributed by atoms with Crippen molar-refractivity contribution in [3.63, 3.8) is 0 Å². The highest BCUT2D eigenvalue weighted by Gasteiger charge is 2.18. The molecule has 1 nitrogen and oxygen atoms in total. The lowest BCUT2D eigenvalue weighted by molar-refractivity contribution is 0.435. The van der Waals surface area contributed by atoms with Gasteiger partial charge in [-0.15, -0.1) is 0 Å². The first-order valence-electron chi connectivity index (χ1n) is 6.38.